The largest absolute Gasteiger partial charge is 0.468 e. The van der Waals surface area contributed by atoms with E-state index in [1.165, 1.54) is 7.11 Å². The van der Waals surface area contributed by atoms with Crippen molar-refractivity contribution < 1.29 is 13.9 Å². The van der Waals surface area contributed by atoms with Crippen molar-refractivity contribution in [2.45, 2.75) is 44.5 Å². The van der Waals surface area contributed by atoms with Crippen LogP contribution in [0.4, 0.5) is 4.39 Å². The lowest BCUT2D eigenvalue weighted by molar-refractivity contribution is -0.139. The highest BCUT2D eigenvalue weighted by atomic mass is 32.2. The smallest absolute Gasteiger partial charge is 0.318 e. The molecule has 0 aromatic carbocycles. The number of esters is 1. The second kappa shape index (κ2) is 8.09. The monoisotopic (exact) mass is 222 g/mol. The predicted octanol–water partition coefficient (Wildman–Crippen LogP) is 2.81. The molecule has 0 saturated carbocycles. The maximum absolute atomic E-state index is 12.4. The number of halogens is 1. The van der Waals surface area contributed by atoms with Crippen molar-refractivity contribution in [2.75, 3.05) is 12.9 Å². The Bertz CT molecular complexity index is 162. The zero-order valence-electron chi connectivity index (χ0n) is 9.09. The fraction of sp³-hybridized carbons (Fsp3) is 0.900. The minimum absolute atomic E-state index is 0.109. The normalized spacial score (nSPS) is 14.9. The van der Waals surface area contributed by atoms with Gasteiger partial charge in [-0.1, -0.05) is 0 Å². The fourth-order valence-electron chi connectivity index (χ4n) is 1.02. The van der Waals surface area contributed by atoms with E-state index < -0.39 is 6.17 Å². The maximum atomic E-state index is 12.4. The Balaban J connectivity index is 3.31. The van der Waals surface area contributed by atoms with Gasteiger partial charge in [-0.2, -0.15) is 0 Å². The summed E-state index contributed by atoms with van der Waals surface area (Å²) < 4.78 is 17.0. The van der Waals surface area contributed by atoms with E-state index in [4.69, 9.17) is 0 Å². The number of hydrogen-bond acceptors (Lipinski definition) is 3. The molecule has 14 heavy (non-hydrogen) atoms. The van der Waals surface area contributed by atoms with E-state index in [-0.39, 0.29) is 11.2 Å². The van der Waals surface area contributed by atoms with Crippen LogP contribution in [0.5, 0.6) is 0 Å². The number of unbranched alkanes of at least 4 members (excludes halogenated alkanes) is 1. The van der Waals surface area contributed by atoms with Crippen LogP contribution in [0.15, 0.2) is 0 Å². The third kappa shape index (κ3) is 7.18. The summed E-state index contributed by atoms with van der Waals surface area (Å²) in [6.45, 7) is 3.40. The minimum atomic E-state index is -0.710. The van der Waals surface area contributed by atoms with Gasteiger partial charge < -0.3 is 4.74 Å². The lowest BCUT2D eigenvalue weighted by atomic mass is 10.2. The average molecular weight is 222 g/mol. The number of thioether (sulfide) groups is 1. The second-order valence-electron chi connectivity index (χ2n) is 3.31. The van der Waals surface area contributed by atoms with Crippen molar-refractivity contribution in [2.24, 2.45) is 0 Å². The van der Waals surface area contributed by atoms with Gasteiger partial charge in [0.1, 0.15) is 0 Å². The molecule has 84 valence electrons. The van der Waals surface area contributed by atoms with E-state index in [0.29, 0.717) is 6.42 Å². The van der Waals surface area contributed by atoms with E-state index in [1.54, 1.807) is 18.7 Å². The first-order valence-electron chi connectivity index (χ1n) is 4.91. The number of alkyl halides is 1. The number of carbonyl (C=O) groups is 1. The van der Waals surface area contributed by atoms with Crippen LogP contribution in [0.1, 0.15) is 33.1 Å². The third-order valence-electron chi connectivity index (χ3n) is 1.90. The second-order valence-corrected chi connectivity index (χ2v) is 4.76. The van der Waals surface area contributed by atoms with Crippen molar-refractivity contribution in [1.29, 1.82) is 0 Å². The van der Waals surface area contributed by atoms with E-state index >= 15 is 0 Å². The van der Waals surface area contributed by atoms with E-state index in [2.05, 4.69) is 4.74 Å². The number of carbonyl (C=O) groups excluding carboxylic acids is 1. The molecular formula is C10H19FO2S. The molecule has 0 radical (unpaired) electrons. The topological polar surface area (TPSA) is 26.3 Å². The zero-order valence-corrected chi connectivity index (χ0v) is 9.90. The Labute approximate surface area is 89.6 Å². The summed E-state index contributed by atoms with van der Waals surface area (Å²) in [7, 11) is 1.39. The molecule has 0 rings (SSSR count). The van der Waals surface area contributed by atoms with Gasteiger partial charge in [0.2, 0.25) is 0 Å². The third-order valence-corrected chi connectivity index (χ3v) is 3.11. The fourth-order valence-corrected chi connectivity index (χ4v) is 1.98. The summed E-state index contributed by atoms with van der Waals surface area (Å²) in [5, 5.41) is -0.109. The summed E-state index contributed by atoms with van der Waals surface area (Å²) >= 11 is 1.56. The van der Waals surface area contributed by atoms with Gasteiger partial charge in [-0.05, 0) is 38.9 Å². The van der Waals surface area contributed by atoms with Crippen LogP contribution in [0, 0.1) is 0 Å². The average Bonchev–Trinajstić information content (AvgIpc) is 2.15. The van der Waals surface area contributed by atoms with Crippen molar-refractivity contribution in [1.82, 2.24) is 0 Å². The van der Waals surface area contributed by atoms with Crippen molar-refractivity contribution in [3.05, 3.63) is 0 Å². The quantitative estimate of drug-likeness (QED) is 0.489. The standard InChI is InChI=1S/C10H19FO2S/c1-8(11)6-4-5-7-14-9(2)10(12)13-3/h8-9H,4-7H2,1-3H3. The first-order valence-corrected chi connectivity index (χ1v) is 5.96. The molecule has 0 aliphatic heterocycles. The van der Waals surface area contributed by atoms with Gasteiger partial charge in [-0.25, -0.2) is 4.39 Å². The van der Waals surface area contributed by atoms with Gasteiger partial charge in [-0.3, -0.25) is 4.79 Å². The molecular weight excluding hydrogens is 203 g/mol. The molecule has 0 aromatic rings. The molecule has 0 aliphatic carbocycles. The van der Waals surface area contributed by atoms with Crippen LogP contribution in [-0.4, -0.2) is 30.3 Å². The summed E-state index contributed by atoms with van der Waals surface area (Å²) in [4.78, 5) is 11.0. The molecule has 4 heteroatoms. The summed E-state index contributed by atoms with van der Waals surface area (Å²) in [5.41, 5.74) is 0. The summed E-state index contributed by atoms with van der Waals surface area (Å²) in [6, 6.07) is 0. The van der Waals surface area contributed by atoms with Crippen LogP contribution in [0.25, 0.3) is 0 Å². The van der Waals surface area contributed by atoms with Gasteiger partial charge in [0.15, 0.2) is 0 Å². The molecule has 2 nitrogen and oxygen atoms in total. The van der Waals surface area contributed by atoms with E-state index in [1.807, 2.05) is 6.92 Å². The molecule has 2 unspecified atom stereocenters. The van der Waals surface area contributed by atoms with Gasteiger partial charge in [0, 0.05) is 0 Å². The summed E-state index contributed by atoms with van der Waals surface area (Å²) in [5.74, 6) is 0.706. The van der Waals surface area contributed by atoms with Crippen LogP contribution >= 0.6 is 11.8 Å². The Hall–Kier alpha value is -0.250. The van der Waals surface area contributed by atoms with Crippen LogP contribution in [-0.2, 0) is 9.53 Å². The number of rotatable bonds is 7. The molecule has 0 aromatic heterocycles. The highest BCUT2D eigenvalue weighted by Crippen LogP contribution is 2.15. The molecule has 2 atom stereocenters. The molecule has 0 heterocycles. The molecule has 0 spiro atoms. The zero-order chi connectivity index (χ0) is 11.0. The SMILES string of the molecule is COC(=O)C(C)SCCCCC(C)F. The predicted molar refractivity (Wildman–Crippen MR) is 58.4 cm³/mol. The number of methoxy groups -OCH3 is 1. The Morgan fingerprint density at radius 2 is 2.07 bits per heavy atom. The number of hydrogen-bond donors (Lipinski definition) is 0. The first kappa shape index (κ1) is 13.8. The first-order chi connectivity index (χ1) is 6.57. The lowest BCUT2D eigenvalue weighted by Crippen LogP contribution is -2.15. The molecule has 0 fully saturated rings. The lowest BCUT2D eigenvalue weighted by Gasteiger charge is -2.08. The Morgan fingerprint density at radius 1 is 1.43 bits per heavy atom. The Kier molecular flexibility index (Phi) is 7.95. The highest BCUT2D eigenvalue weighted by molar-refractivity contribution is 8.00. The van der Waals surface area contributed by atoms with Crippen LogP contribution in [0.2, 0.25) is 0 Å². The van der Waals surface area contributed by atoms with Gasteiger partial charge >= 0.3 is 5.97 Å². The minimum Gasteiger partial charge on any atom is -0.468 e. The van der Waals surface area contributed by atoms with E-state index in [9.17, 15) is 9.18 Å². The summed E-state index contributed by atoms with van der Waals surface area (Å²) in [6.07, 6.45) is 1.75. The van der Waals surface area contributed by atoms with E-state index in [0.717, 1.165) is 18.6 Å². The van der Waals surface area contributed by atoms with Gasteiger partial charge in [0.05, 0.1) is 18.5 Å². The molecule has 0 bridgehead atoms. The van der Waals surface area contributed by atoms with Gasteiger partial charge in [0.25, 0.3) is 0 Å². The van der Waals surface area contributed by atoms with Crippen molar-refractivity contribution >= 4 is 17.7 Å². The maximum Gasteiger partial charge on any atom is 0.318 e. The molecule has 0 amide bonds. The van der Waals surface area contributed by atoms with Gasteiger partial charge in [-0.15, -0.1) is 11.8 Å². The van der Waals surface area contributed by atoms with Crippen molar-refractivity contribution in [3.63, 3.8) is 0 Å². The molecule has 0 aliphatic rings. The molecule has 0 saturated heterocycles. The number of ether oxygens (including phenoxy) is 1. The van der Waals surface area contributed by atoms with Crippen molar-refractivity contribution in [3.8, 4) is 0 Å². The highest BCUT2D eigenvalue weighted by Gasteiger charge is 2.12. The van der Waals surface area contributed by atoms with Crippen LogP contribution in [0.3, 0.4) is 0 Å². The van der Waals surface area contributed by atoms with Crippen LogP contribution < -0.4 is 0 Å². The Morgan fingerprint density at radius 3 is 2.57 bits per heavy atom. The molecule has 0 N–H and O–H groups in total.